The highest BCUT2D eigenvalue weighted by Gasteiger charge is 2.11. The fourth-order valence-electron chi connectivity index (χ4n) is 1.83. The highest BCUT2D eigenvalue weighted by atomic mass is 16.5. The van der Waals surface area contributed by atoms with Gasteiger partial charge in [-0.3, -0.25) is 0 Å². The maximum Gasteiger partial charge on any atom is 0.335 e. The van der Waals surface area contributed by atoms with E-state index in [-0.39, 0.29) is 18.8 Å². The average molecular weight is 262 g/mol. The Hall–Kier alpha value is -2.27. The summed E-state index contributed by atoms with van der Waals surface area (Å²) in [5.74, 6) is 0.0545. The molecule has 0 aromatic heterocycles. The van der Waals surface area contributed by atoms with Crippen LogP contribution >= 0.6 is 0 Å². The lowest BCUT2D eigenvalue weighted by atomic mass is 10.1. The predicted octanol–water partition coefficient (Wildman–Crippen LogP) is 1.92. The summed E-state index contributed by atoms with van der Waals surface area (Å²) in [7, 11) is 1.56. The molecule has 2 aromatic rings. The van der Waals surface area contributed by atoms with Crippen LogP contribution in [0.3, 0.4) is 0 Å². The maximum absolute atomic E-state index is 11.1. The second kappa shape index (κ2) is 5.58. The van der Waals surface area contributed by atoms with Crippen LogP contribution in [-0.2, 0) is 0 Å². The van der Waals surface area contributed by atoms with Crippen LogP contribution in [0.2, 0.25) is 0 Å². The van der Waals surface area contributed by atoms with E-state index in [0.717, 1.165) is 10.8 Å². The zero-order valence-electron chi connectivity index (χ0n) is 10.4. The number of carboxylic acids is 1. The average Bonchev–Trinajstić information content (AvgIpc) is 2.43. The molecule has 2 aromatic carbocycles. The Labute approximate surface area is 110 Å². The van der Waals surface area contributed by atoms with E-state index in [4.69, 9.17) is 19.7 Å². The SMILES string of the molecule is COc1ccc2cc(C(=O)O)cc(OCCO)c2c1. The Balaban J connectivity index is 2.60. The molecule has 0 fully saturated rings. The van der Waals surface area contributed by atoms with E-state index in [1.807, 2.05) is 0 Å². The molecule has 0 aliphatic heterocycles. The summed E-state index contributed by atoms with van der Waals surface area (Å²) in [5.41, 5.74) is 0.144. The molecule has 0 spiro atoms. The van der Waals surface area contributed by atoms with E-state index >= 15 is 0 Å². The summed E-state index contributed by atoms with van der Waals surface area (Å²) in [4.78, 5) is 11.1. The molecule has 2 N–H and O–H groups in total. The molecule has 0 atom stereocenters. The largest absolute Gasteiger partial charge is 0.497 e. The van der Waals surface area contributed by atoms with E-state index < -0.39 is 5.97 Å². The van der Waals surface area contributed by atoms with Gasteiger partial charge >= 0.3 is 5.97 Å². The van der Waals surface area contributed by atoms with Gasteiger partial charge in [0, 0.05) is 5.39 Å². The van der Waals surface area contributed by atoms with Crippen molar-refractivity contribution in [3.8, 4) is 11.5 Å². The highest BCUT2D eigenvalue weighted by Crippen LogP contribution is 2.31. The van der Waals surface area contributed by atoms with Gasteiger partial charge in [-0.15, -0.1) is 0 Å². The number of carbonyl (C=O) groups is 1. The van der Waals surface area contributed by atoms with Gasteiger partial charge in [0.1, 0.15) is 18.1 Å². The molecule has 0 saturated heterocycles. The second-order valence-corrected chi connectivity index (χ2v) is 3.94. The molecule has 2 rings (SSSR count). The van der Waals surface area contributed by atoms with Gasteiger partial charge in [-0.2, -0.15) is 0 Å². The Bertz CT molecular complexity index is 606. The summed E-state index contributed by atoms with van der Waals surface area (Å²) < 4.78 is 10.5. The minimum Gasteiger partial charge on any atom is -0.497 e. The molecule has 0 heterocycles. The standard InChI is InChI=1S/C14H14O5/c1-18-11-3-2-9-6-10(14(16)17)7-13(12(9)8-11)19-5-4-15/h2-3,6-8,15H,4-5H2,1H3,(H,16,17). The molecular formula is C14H14O5. The molecule has 0 bridgehead atoms. The first-order chi connectivity index (χ1) is 9.15. The molecule has 0 aliphatic rings. The third-order valence-corrected chi connectivity index (χ3v) is 2.72. The van der Waals surface area contributed by atoms with Crippen LogP contribution < -0.4 is 9.47 Å². The van der Waals surface area contributed by atoms with Gasteiger partial charge in [0.2, 0.25) is 0 Å². The Morgan fingerprint density at radius 1 is 1.26 bits per heavy atom. The van der Waals surface area contributed by atoms with Crippen LogP contribution in [0.25, 0.3) is 10.8 Å². The molecular weight excluding hydrogens is 248 g/mol. The lowest BCUT2D eigenvalue weighted by Crippen LogP contribution is -2.04. The summed E-state index contributed by atoms with van der Waals surface area (Å²) in [6, 6.07) is 8.31. The van der Waals surface area contributed by atoms with E-state index in [9.17, 15) is 4.79 Å². The number of methoxy groups -OCH3 is 1. The number of aliphatic hydroxyl groups is 1. The number of fused-ring (bicyclic) bond motifs is 1. The molecule has 0 amide bonds. The zero-order valence-corrected chi connectivity index (χ0v) is 10.4. The van der Waals surface area contributed by atoms with Crippen LogP contribution in [0.15, 0.2) is 30.3 Å². The Morgan fingerprint density at radius 2 is 2.05 bits per heavy atom. The lowest BCUT2D eigenvalue weighted by Gasteiger charge is -2.11. The van der Waals surface area contributed by atoms with Crippen LogP contribution in [0, 0.1) is 0 Å². The van der Waals surface area contributed by atoms with Crippen molar-refractivity contribution in [1.82, 2.24) is 0 Å². The number of carboxylic acid groups (broad SMARTS) is 1. The number of aliphatic hydroxyl groups excluding tert-OH is 1. The van der Waals surface area contributed by atoms with Crippen LogP contribution in [0.5, 0.6) is 11.5 Å². The second-order valence-electron chi connectivity index (χ2n) is 3.94. The van der Waals surface area contributed by atoms with Gasteiger partial charge in [-0.05, 0) is 29.7 Å². The number of hydrogen-bond donors (Lipinski definition) is 2. The minimum atomic E-state index is -1.02. The van der Waals surface area contributed by atoms with Gasteiger partial charge in [0.15, 0.2) is 0 Å². The fourth-order valence-corrected chi connectivity index (χ4v) is 1.83. The Morgan fingerprint density at radius 3 is 2.68 bits per heavy atom. The number of hydrogen-bond acceptors (Lipinski definition) is 4. The summed E-state index contributed by atoms with van der Waals surface area (Å²) in [6.07, 6.45) is 0. The lowest BCUT2D eigenvalue weighted by molar-refractivity contribution is 0.0696. The molecule has 100 valence electrons. The van der Waals surface area contributed by atoms with Gasteiger partial charge in [0.05, 0.1) is 19.3 Å². The van der Waals surface area contributed by atoms with Crippen LogP contribution in [0.1, 0.15) is 10.4 Å². The van der Waals surface area contributed by atoms with Crippen molar-refractivity contribution in [2.24, 2.45) is 0 Å². The van der Waals surface area contributed by atoms with Crippen molar-refractivity contribution in [2.45, 2.75) is 0 Å². The normalized spacial score (nSPS) is 10.4. The van der Waals surface area contributed by atoms with Gasteiger partial charge in [-0.1, -0.05) is 6.07 Å². The fraction of sp³-hybridized carbons (Fsp3) is 0.214. The summed E-state index contributed by atoms with van der Waals surface area (Å²) in [5, 5.41) is 19.4. The van der Waals surface area contributed by atoms with Crippen molar-refractivity contribution in [2.75, 3.05) is 20.3 Å². The number of rotatable bonds is 5. The monoisotopic (exact) mass is 262 g/mol. The molecule has 0 unspecified atom stereocenters. The van der Waals surface area contributed by atoms with Crippen LogP contribution in [-0.4, -0.2) is 36.5 Å². The van der Waals surface area contributed by atoms with E-state index in [1.165, 1.54) is 6.07 Å². The van der Waals surface area contributed by atoms with Crippen molar-refractivity contribution in [3.05, 3.63) is 35.9 Å². The van der Waals surface area contributed by atoms with E-state index in [2.05, 4.69) is 0 Å². The van der Waals surface area contributed by atoms with Crippen molar-refractivity contribution in [1.29, 1.82) is 0 Å². The van der Waals surface area contributed by atoms with E-state index in [1.54, 1.807) is 31.4 Å². The predicted molar refractivity (Wildman–Crippen MR) is 70.0 cm³/mol. The highest BCUT2D eigenvalue weighted by molar-refractivity contribution is 5.98. The van der Waals surface area contributed by atoms with Crippen molar-refractivity contribution >= 4 is 16.7 Å². The van der Waals surface area contributed by atoms with Gasteiger partial charge in [0.25, 0.3) is 0 Å². The van der Waals surface area contributed by atoms with Crippen LogP contribution in [0.4, 0.5) is 0 Å². The number of aromatic carboxylic acids is 1. The quantitative estimate of drug-likeness (QED) is 0.860. The summed E-state index contributed by atoms with van der Waals surface area (Å²) >= 11 is 0. The first-order valence-corrected chi connectivity index (χ1v) is 5.74. The topological polar surface area (TPSA) is 76.0 Å². The van der Waals surface area contributed by atoms with Crippen molar-refractivity contribution < 1.29 is 24.5 Å². The Kier molecular flexibility index (Phi) is 3.87. The number of ether oxygens (including phenoxy) is 2. The smallest absolute Gasteiger partial charge is 0.335 e. The zero-order chi connectivity index (χ0) is 13.8. The molecule has 19 heavy (non-hydrogen) atoms. The minimum absolute atomic E-state index is 0.107. The van der Waals surface area contributed by atoms with Crippen molar-refractivity contribution in [3.63, 3.8) is 0 Å². The third kappa shape index (κ3) is 2.77. The molecule has 0 aliphatic carbocycles. The van der Waals surface area contributed by atoms with Gasteiger partial charge < -0.3 is 19.7 Å². The molecule has 5 nitrogen and oxygen atoms in total. The van der Waals surface area contributed by atoms with Gasteiger partial charge in [-0.25, -0.2) is 4.79 Å². The van der Waals surface area contributed by atoms with E-state index in [0.29, 0.717) is 11.5 Å². The summed E-state index contributed by atoms with van der Waals surface area (Å²) in [6.45, 7) is -0.0296. The molecule has 0 radical (unpaired) electrons. The molecule has 5 heteroatoms. The number of benzene rings is 2. The first kappa shape index (κ1) is 13.2. The molecule has 0 saturated carbocycles. The first-order valence-electron chi connectivity index (χ1n) is 5.74. The third-order valence-electron chi connectivity index (χ3n) is 2.72. The maximum atomic E-state index is 11.1.